The predicted octanol–water partition coefficient (Wildman–Crippen LogP) is 4.91. The fourth-order valence-electron chi connectivity index (χ4n) is 3.57. The van der Waals surface area contributed by atoms with Crippen LogP contribution in [-0.2, 0) is 23.2 Å². The van der Waals surface area contributed by atoms with Gasteiger partial charge in [0.15, 0.2) is 5.82 Å². The molecule has 1 aliphatic heterocycles. The normalized spacial score (nSPS) is 14.6. The lowest BCUT2D eigenvalue weighted by Crippen LogP contribution is -2.44. The Labute approximate surface area is 179 Å². The van der Waals surface area contributed by atoms with Crippen LogP contribution in [0.5, 0.6) is 0 Å². The van der Waals surface area contributed by atoms with Crippen LogP contribution in [0.3, 0.4) is 0 Å². The van der Waals surface area contributed by atoms with Gasteiger partial charge < -0.3 is 19.5 Å². The highest BCUT2D eigenvalue weighted by atomic mass is 16.6. The average molecular weight is 415 g/mol. The number of anilines is 1. The minimum absolute atomic E-state index is 0.427. The second kappa shape index (κ2) is 8.28. The number of carbonyl (C=O) groups excluding carboxylic acids is 1. The molecule has 164 valence electrons. The third-order valence-electron chi connectivity index (χ3n) is 5.15. The van der Waals surface area contributed by atoms with Gasteiger partial charge in [-0.2, -0.15) is 4.98 Å². The number of alkyl carbamates (subject to hydrolysis) is 1. The zero-order valence-corrected chi connectivity index (χ0v) is 19.2. The molecule has 0 spiro atoms. The summed E-state index contributed by atoms with van der Waals surface area (Å²) in [6.07, 6.45) is 1.68. The molecule has 1 aliphatic rings. The lowest BCUT2D eigenvalue weighted by Gasteiger charge is -2.30. The minimum atomic E-state index is -0.809. The van der Waals surface area contributed by atoms with Gasteiger partial charge in [0, 0.05) is 12.2 Å². The first-order valence-electron chi connectivity index (χ1n) is 10.7. The molecule has 0 fully saturated rings. The summed E-state index contributed by atoms with van der Waals surface area (Å²) in [7, 11) is 0. The van der Waals surface area contributed by atoms with Crippen LogP contribution in [0.2, 0.25) is 0 Å². The third-order valence-corrected chi connectivity index (χ3v) is 5.15. The average Bonchev–Trinajstić information content (AvgIpc) is 3.09. The maximum absolute atomic E-state index is 12.2. The summed E-state index contributed by atoms with van der Waals surface area (Å²) in [4.78, 5) is 19.0. The van der Waals surface area contributed by atoms with Crippen molar-refractivity contribution in [2.45, 2.75) is 84.9 Å². The Hall–Kier alpha value is -2.57. The van der Waals surface area contributed by atoms with Crippen LogP contribution < -0.4 is 10.2 Å². The smallest absolute Gasteiger partial charge is 0.408 e. The summed E-state index contributed by atoms with van der Waals surface area (Å²) >= 11 is 0. The molecule has 1 aromatic heterocycles. The molecule has 0 bridgehead atoms. The first-order valence-corrected chi connectivity index (χ1v) is 10.7. The van der Waals surface area contributed by atoms with E-state index in [9.17, 15) is 4.79 Å². The van der Waals surface area contributed by atoms with E-state index >= 15 is 0 Å². The van der Waals surface area contributed by atoms with Crippen molar-refractivity contribution in [1.29, 1.82) is 0 Å². The van der Waals surface area contributed by atoms with E-state index in [0.29, 0.717) is 24.2 Å². The van der Waals surface area contributed by atoms with E-state index in [0.717, 1.165) is 19.4 Å². The van der Waals surface area contributed by atoms with Gasteiger partial charge in [-0.05, 0) is 70.6 Å². The van der Waals surface area contributed by atoms with Crippen LogP contribution in [0, 0.1) is 0 Å². The molecule has 0 unspecified atom stereocenters. The molecule has 0 saturated carbocycles. The van der Waals surface area contributed by atoms with Crippen molar-refractivity contribution in [3.63, 3.8) is 0 Å². The first kappa shape index (κ1) is 22.1. The SMILES string of the molecule is CC(C)c1ccc2c(c1)CCCN2Cc1nc(C(C)(C)NC(=O)OC(C)(C)C)no1. The number of ether oxygens (including phenoxy) is 1. The number of nitrogens with zero attached hydrogens (tertiary/aromatic N) is 3. The minimum Gasteiger partial charge on any atom is -0.444 e. The number of hydrogen-bond donors (Lipinski definition) is 1. The number of aromatic nitrogens is 2. The summed E-state index contributed by atoms with van der Waals surface area (Å²) in [6.45, 7) is 15.1. The number of aryl methyl sites for hydroxylation is 1. The standard InChI is InChI=1S/C23H34N4O3/c1-15(2)16-10-11-18-17(13-16)9-8-12-27(18)14-19-24-20(26-30-19)23(6,7)25-21(28)29-22(3,4)5/h10-11,13,15H,8-9,12,14H2,1-7H3,(H,25,28). The van der Waals surface area contributed by atoms with Crippen LogP contribution >= 0.6 is 0 Å². The summed E-state index contributed by atoms with van der Waals surface area (Å²) in [5.41, 5.74) is 2.59. The number of amides is 1. The Kier molecular flexibility index (Phi) is 6.11. The molecule has 2 heterocycles. The first-order chi connectivity index (χ1) is 13.9. The Morgan fingerprint density at radius 2 is 2.00 bits per heavy atom. The van der Waals surface area contributed by atoms with Crippen molar-refractivity contribution < 1.29 is 14.1 Å². The maximum atomic E-state index is 12.2. The summed E-state index contributed by atoms with van der Waals surface area (Å²) in [5.74, 6) is 1.48. The van der Waals surface area contributed by atoms with Crippen LogP contribution in [0.1, 0.15) is 83.6 Å². The molecular formula is C23H34N4O3. The van der Waals surface area contributed by atoms with E-state index in [4.69, 9.17) is 9.26 Å². The van der Waals surface area contributed by atoms with Crippen LogP contribution in [0.4, 0.5) is 10.5 Å². The molecule has 7 heteroatoms. The van der Waals surface area contributed by atoms with Gasteiger partial charge in [-0.25, -0.2) is 4.79 Å². The highest BCUT2D eigenvalue weighted by molar-refractivity contribution is 5.68. The van der Waals surface area contributed by atoms with Gasteiger partial charge in [-0.15, -0.1) is 0 Å². The summed E-state index contributed by atoms with van der Waals surface area (Å²) < 4.78 is 10.9. The number of carbonyl (C=O) groups is 1. The lowest BCUT2D eigenvalue weighted by atomic mass is 9.95. The van der Waals surface area contributed by atoms with Gasteiger partial charge in [0.05, 0.1) is 6.54 Å². The molecule has 0 radical (unpaired) electrons. The molecule has 1 aromatic carbocycles. The zero-order valence-electron chi connectivity index (χ0n) is 19.2. The highest BCUT2D eigenvalue weighted by Crippen LogP contribution is 2.31. The maximum Gasteiger partial charge on any atom is 0.408 e. The summed E-state index contributed by atoms with van der Waals surface area (Å²) in [6, 6.07) is 6.73. The molecule has 1 N–H and O–H groups in total. The Morgan fingerprint density at radius 1 is 1.27 bits per heavy atom. The fourth-order valence-corrected chi connectivity index (χ4v) is 3.57. The summed E-state index contributed by atoms with van der Waals surface area (Å²) in [5, 5.41) is 6.93. The second-order valence-corrected chi connectivity index (χ2v) is 9.83. The molecule has 30 heavy (non-hydrogen) atoms. The van der Waals surface area contributed by atoms with Crippen molar-refractivity contribution in [2.24, 2.45) is 0 Å². The second-order valence-electron chi connectivity index (χ2n) is 9.83. The lowest BCUT2D eigenvalue weighted by molar-refractivity contribution is 0.0465. The molecule has 3 rings (SSSR count). The van der Waals surface area contributed by atoms with Crippen molar-refractivity contribution in [3.05, 3.63) is 41.0 Å². The number of benzene rings is 1. The van der Waals surface area contributed by atoms with Crippen molar-refractivity contribution in [1.82, 2.24) is 15.5 Å². The molecule has 0 aliphatic carbocycles. The molecule has 2 aromatic rings. The monoisotopic (exact) mass is 414 g/mol. The largest absolute Gasteiger partial charge is 0.444 e. The van der Waals surface area contributed by atoms with Crippen molar-refractivity contribution >= 4 is 11.8 Å². The van der Waals surface area contributed by atoms with Crippen LogP contribution in [0.25, 0.3) is 0 Å². The van der Waals surface area contributed by atoms with E-state index in [1.165, 1.54) is 16.8 Å². The Balaban J connectivity index is 1.71. The Bertz CT molecular complexity index is 896. The van der Waals surface area contributed by atoms with E-state index < -0.39 is 17.2 Å². The number of nitrogens with one attached hydrogen (secondary N) is 1. The molecule has 0 atom stereocenters. The van der Waals surface area contributed by atoms with Gasteiger partial charge >= 0.3 is 6.09 Å². The van der Waals surface area contributed by atoms with Crippen molar-refractivity contribution in [2.75, 3.05) is 11.4 Å². The Morgan fingerprint density at radius 3 is 2.67 bits per heavy atom. The topological polar surface area (TPSA) is 80.5 Å². The predicted molar refractivity (Wildman–Crippen MR) is 117 cm³/mol. The number of fused-ring (bicyclic) bond motifs is 1. The molecular weight excluding hydrogens is 380 g/mol. The molecule has 1 amide bonds. The molecule has 0 saturated heterocycles. The number of hydrogen-bond acceptors (Lipinski definition) is 6. The van der Waals surface area contributed by atoms with Gasteiger partial charge in [-0.1, -0.05) is 31.1 Å². The number of rotatable bonds is 5. The highest BCUT2D eigenvalue weighted by Gasteiger charge is 2.31. The fraction of sp³-hybridized carbons (Fsp3) is 0.609. The van der Waals surface area contributed by atoms with E-state index in [-0.39, 0.29) is 0 Å². The van der Waals surface area contributed by atoms with E-state index in [1.807, 2.05) is 34.6 Å². The van der Waals surface area contributed by atoms with Gasteiger partial charge in [0.2, 0.25) is 5.89 Å². The quantitative estimate of drug-likeness (QED) is 0.749. The van der Waals surface area contributed by atoms with Crippen molar-refractivity contribution in [3.8, 4) is 0 Å². The van der Waals surface area contributed by atoms with Gasteiger partial charge in [0.25, 0.3) is 0 Å². The van der Waals surface area contributed by atoms with Gasteiger partial charge in [0.1, 0.15) is 11.1 Å². The van der Waals surface area contributed by atoms with E-state index in [1.54, 1.807) is 0 Å². The zero-order chi connectivity index (χ0) is 22.1. The van der Waals surface area contributed by atoms with Gasteiger partial charge in [-0.3, -0.25) is 0 Å². The van der Waals surface area contributed by atoms with Crippen LogP contribution in [-0.4, -0.2) is 28.4 Å². The third kappa shape index (κ3) is 5.32. The molecule has 7 nitrogen and oxygen atoms in total. The van der Waals surface area contributed by atoms with E-state index in [2.05, 4.69) is 52.4 Å². The van der Waals surface area contributed by atoms with Crippen LogP contribution in [0.15, 0.2) is 22.7 Å².